The quantitative estimate of drug-likeness (QED) is 0.908. The van der Waals surface area contributed by atoms with Crippen LogP contribution in [-0.2, 0) is 11.2 Å². The lowest BCUT2D eigenvalue weighted by Crippen LogP contribution is -2.38. The van der Waals surface area contributed by atoms with Gasteiger partial charge in [-0.2, -0.15) is 5.26 Å². The highest BCUT2D eigenvalue weighted by molar-refractivity contribution is 5.78. The largest absolute Gasteiger partial charge is 0.353 e. The van der Waals surface area contributed by atoms with Crippen LogP contribution in [0.1, 0.15) is 31.2 Å². The molecule has 1 N–H and O–H groups in total. The Bertz CT molecular complexity index is 487. The van der Waals surface area contributed by atoms with Crippen LogP contribution in [0.25, 0.3) is 0 Å². The number of rotatable bonds is 3. The molecule has 100 valence electrons. The van der Waals surface area contributed by atoms with Crippen molar-refractivity contribution < 1.29 is 9.18 Å². The van der Waals surface area contributed by atoms with E-state index in [9.17, 15) is 9.18 Å². The van der Waals surface area contributed by atoms with Crippen molar-refractivity contribution >= 4 is 5.91 Å². The van der Waals surface area contributed by atoms with E-state index in [1.807, 2.05) is 0 Å². The molecule has 1 aromatic rings. The smallest absolute Gasteiger partial charge is 0.224 e. The minimum atomic E-state index is -0.342. The number of benzene rings is 1. The molecule has 2 rings (SSSR count). The first kappa shape index (κ1) is 13.5. The molecular formula is C15H17FN2O. The molecule has 3 nitrogen and oxygen atoms in total. The second-order valence-electron chi connectivity index (χ2n) is 5.01. The van der Waals surface area contributed by atoms with Gasteiger partial charge < -0.3 is 5.32 Å². The topological polar surface area (TPSA) is 52.9 Å². The Labute approximate surface area is 112 Å². The molecule has 0 spiro atoms. The maximum atomic E-state index is 13.4. The maximum absolute atomic E-state index is 13.4. The molecule has 1 fully saturated rings. The van der Waals surface area contributed by atoms with Crippen LogP contribution < -0.4 is 5.32 Å². The van der Waals surface area contributed by atoms with Gasteiger partial charge in [-0.25, -0.2) is 4.39 Å². The summed E-state index contributed by atoms with van der Waals surface area (Å²) >= 11 is 0. The Kier molecular flexibility index (Phi) is 4.51. The Morgan fingerprint density at radius 1 is 1.32 bits per heavy atom. The van der Waals surface area contributed by atoms with Gasteiger partial charge in [-0.05, 0) is 37.3 Å². The van der Waals surface area contributed by atoms with E-state index in [2.05, 4.69) is 11.4 Å². The Hall–Kier alpha value is -1.89. The van der Waals surface area contributed by atoms with Crippen molar-refractivity contribution in [2.45, 2.75) is 38.1 Å². The summed E-state index contributed by atoms with van der Waals surface area (Å²) in [4.78, 5) is 11.8. The maximum Gasteiger partial charge on any atom is 0.224 e. The number of nitriles is 1. The number of carbonyl (C=O) groups excluding carboxylic acids is 1. The summed E-state index contributed by atoms with van der Waals surface area (Å²) in [6.07, 6.45) is 3.41. The minimum Gasteiger partial charge on any atom is -0.353 e. The van der Waals surface area contributed by atoms with Gasteiger partial charge in [0.05, 0.1) is 12.5 Å². The predicted octanol–water partition coefficient (Wildman–Crippen LogP) is 2.57. The van der Waals surface area contributed by atoms with Crippen LogP contribution in [0.3, 0.4) is 0 Å². The summed E-state index contributed by atoms with van der Waals surface area (Å²) in [5.41, 5.74) is 0.422. The standard InChI is InChI=1S/C15H17FN2O/c16-14-4-2-1-3-12(14)9-15(19)18-13-7-5-11(10-17)6-8-13/h1-4,11,13H,5-9H2,(H,18,19). The van der Waals surface area contributed by atoms with Crippen molar-refractivity contribution in [1.82, 2.24) is 5.32 Å². The van der Waals surface area contributed by atoms with Crippen LogP contribution >= 0.6 is 0 Å². The highest BCUT2D eigenvalue weighted by atomic mass is 19.1. The zero-order valence-corrected chi connectivity index (χ0v) is 10.7. The van der Waals surface area contributed by atoms with Gasteiger partial charge in [0.15, 0.2) is 0 Å². The number of amides is 1. The third-order valence-electron chi connectivity index (χ3n) is 3.58. The van der Waals surface area contributed by atoms with Crippen LogP contribution in [0, 0.1) is 23.1 Å². The Balaban J connectivity index is 1.83. The molecule has 1 aliphatic carbocycles. The molecule has 1 amide bonds. The lowest BCUT2D eigenvalue weighted by molar-refractivity contribution is -0.121. The van der Waals surface area contributed by atoms with Crippen molar-refractivity contribution in [2.24, 2.45) is 5.92 Å². The van der Waals surface area contributed by atoms with Crippen LogP contribution in [0.2, 0.25) is 0 Å². The van der Waals surface area contributed by atoms with E-state index in [0.717, 1.165) is 25.7 Å². The van der Waals surface area contributed by atoms with Gasteiger partial charge in [0.2, 0.25) is 5.91 Å². The summed E-state index contributed by atoms with van der Waals surface area (Å²) in [5, 5.41) is 11.7. The van der Waals surface area contributed by atoms with Crippen LogP contribution in [0.4, 0.5) is 4.39 Å². The fraction of sp³-hybridized carbons (Fsp3) is 0.467. The fourth-order valence-electron chi connectivity index (χ4n) is 2.46. The molecule has 1 aliphatic rings. The third-order valence-corrected chi connectivity index (χ3v) is 3.58. The lowest BCUT2D eigenvalue weighted by Gasteiger charge is -2.25. The number of halogens is 1. The SMILES string of the molecule is N#CC1CCC(NC(=O)Cc2ccccc2F)CC1. The third kappa shape index (κ3) is 3.78. The molecule has 1 aromatic carbocycles. The van der Waals surface area contributed by atoms with Crippen molar-refractivity contribution in [3.05, 3.63) is 35.6 Å². The molecule has 0 atom stereocenters. The fourth-order valence-corrected chi connectivity index (χ4v) is 2.46. The van der Waals surface area contributed by atoms with E-state index >= 15 is 0 Å². The van der Waals surface area contributed by atoms with Gasteiger partial charge in [-0.3, -0.25) is 4.79 Å². The Morgan fingerprint density at radius 3 is 2.63 bits per heavy atom. The molecule has 0 bridgehead atoms. The van der Waals surface area contributed by atoms with Gasteiger partial charge in [-0.15, -0.1) is 0 Å². The summed E-state index contributed by atoms with van der Waals surface area (Å²) < 4.78 is 13.4. The first-order valence-electron chi connectivity index (χ1n) is 6.61. The second-order valence-corrected chi connectivity index (χ2v) is 5.01. The van der Waals surface area contributed by atoms with Crippen LogP contribution in [0.5, 0.6) is 0 Å². The monoisotopic (exact) mass is 260 g/mol. The number of carbonyl (C=O) groups is 1. The molecule has 1 saturated carbocycles. The average Bonchev–Trinajstić information content (AvgIpc) is 2.42. The van der Waals surface area contributed by atoms with E-state index in [4.69, 9.17) is 5.26 Å². The van der Waals surface area contributed by atoms with Gasteiger partial charge in [0.1, 0.15) is 5.82 Å². The van der Waals surface area contributed by atoms with Gasteiger partial charge >= 0.3 is 0 Å². The molecule has 4 heteroatoms. The summed E-state index contributed by atoms with van der Waals surface area (Å²) in [7, 11) is 0. The molecule has 0 aliphatic heterocycles. The van der Waals surface area contributed by atoms with E-state index < -0.39 is 0 Å². The summed E-state index contributed by atoms with van der Waals surface area (Å²) in [5.74, 6) is -0.365. The van der Waals surface area contributed by atoms with E-state index in [1.54, 1.807) is 18.2 Å². The number of hydrogen-bond donors (Lipinski definition) is 1. The van der Waals surface area contributed by atoms with Crippen molar-refractivity contribution in [3.8, 4) is 6.07 Å². The highest BCUT2D eigenvalue weighted by Gasteiger charge is 2.22. The van der Waals surface area contributed by atoms with E-state index in [-0.39, 0.29) is 30.1 Å². The molecule has 0 saturated heterocycles. The van der Waals surface area contributed by atoms with Crippen LogP contribution in [0.15, 0.2) is 24.3 Å². The minimum absolute atomic E-state index is 0.0743. The van der Waals surface area contributed by atoms with Crippen molar-refractivity contribution in [2.75, 3.05) is 0 Å². The number of hydrogen-bond acceptors (Lipinski definition) is 2. The first-order valence-corrected chi connectivity index (χ1v) is 6.61. The first-order chi connectivity index (χ1) is 9.19. The molecule has 19 heavy (non-hydrogen) atoms. The molecule has 0 heterocycles. The molecule has 0 aromatic heterocycles. The van der Waals surface area contributed by atoms with Gasteiger partial charge in [0, 0.05) is 12.0 Å². The zero-order chi connectivity index (χ0) is 13.7. The van der Waals surface area contributed by atoms with E-state index in [0.29, 0.717) is 5.56 Å². The average molecular weight is 260 g/mol. The molecular weight excluding hydrogens is 243 g/mol. The van der Waals surface area contributed by atoms with Crippen LogP contribution in [-0.4, -0.2) is 11.9 Å². The number of nitrogens with one attached hydrogen (secondary N) is 1. The molecule has 0 radical (unpaired) electrons. The van der Waals surface area contributed by atoms with Gasteiger partial charge in [0.25, 0.3) is 0 Å². The summed E-state index contributed by atoms with van der Waals surface area (Å²) in [6, 6.07) is 8.72. The Morgan fingerprint density at radius 2 is 2.00 bits per heavy atom. The summed E-state index contributed by atoms with van der Waals surface area (Å²) in [6.45, 7) is 0. The molecule has 0 unspecified atom stereocenters. The predicted molar refractivity (Wildman–Crippen MR) is 69.6 cm³/mol. The van der Waals surface area contributed by atoms with E-state index in [1.165, 1.54) is 6.07 Å². The van der Waals surface area contributed by atoms with Crippen molar-refractivity contribution in [1.29, 1.82) is 5.26 Å². The zero-order valence-electron chi connectivity index (χ0n) is 10.7. The lowest BCUT2D eigenvalue weighted by atomic mass is 9.87. The second kappa shape index (κ2) is 6.33. The highest BCUT2D eigenvalue weighted by Crippen LogP contribution is 2.23. The van der Waals surface area contributed by atoms with Gasteiger partial charge in [-0.1, -0.05) is 18.2 Å². The van der Waals surface area contributed by atoms with Crippen molar-refractivity contribution in [3.63, 3.8) is 0 Å². The number of nitrogens with zero attached hydrogens (tertiary/aromatic N) is 1. The normalized spacial score (nSPS) is 22.5.